The Balaban J connectivity index is 2.29. The maximum absolute atomic E-state index is 13.6. The molecule has 0 saturated heterocycles. The lowest BCUT2D eigenvalue weighted by Gasteiger charge is -2.31. The van der Waals surface area contributed by atoms with Crippen LogP contribution in [0.15, 0.2) is 54.7 Å². The zero-order valence-electron chi connectivity index (χ0n) is 21.1. The van der Waals surface area contributed by atoms with Gasteiger partial charge >= 0.3 is 0 Å². The second-order valence-corrected chi connectivity index (χ2v) is 9.18. The molecule has 0 spiro atoms. The van der Waals surface area contributed by atoms with Crippen molar-refractivity contribution in [2.45, 2.75) is 40.5 Å². The first-order valence-corrected chi connectivity index (χ1v) is 11.4. The molecule has 0 saturated carbocycles. The SMILES string of the molecule is [2H]Cn1cccc1N(CC(C)C)NC(=O)[C@H](CC(C)C)[C@H](C/C=C/c1ccccc1)C(=O)NO. The molecule has 2 atom stereocenters. The Bertz CT molecular complexity index is 927. The highest BCUT2D eigenvalue weighted by Crippen LogP contribution is 2.26. The summed E-state index contributed by atoms with van der Waals surface area (Å²) in [5.74, 6) is -1.12. The minimum atomic E-state index is -0.740. The third kappa shape index (κ3) is 8.09. The van der Waals surface area contributed by atoms with Gasteiger partial charge in [0.05, 0.1) is 11.8 Å². The summed E-state index contributed by atoms with van der Waals surface area (Å²) in [7, 11) is 0.0298. The fraction of sp³-hybridized carbons (Fsp3) is 0.462. The Morgan fingerprint density at radius 3 is 2.39 bits per heavy atom. The molecule has 1 heterocycles. The van der Waals surface area contributed by atoms with Crippen LogP contribution in [-0.4, -0.2) is 28.1 Å². The Kier molecular flexibility index (Phi) is 9.57. The number of hydrogen-bond donors (Lipinski definition) is 3. The lowest BCUT2D eigenvalue weighted by Crippen LogP contribution is -2.50. The summed E-state index contributed by atoms with van der Waals surface area (Å²) in [5, 5.41) is 11.2. The van der Waals surface area contributed by atoms with Gasteiger partial charge in [0.25, 0.3) is 0 Å². The molecule has 0 aliphatic carbocycles. The summed E-state index contributed by atoms with van der Waals surface area (Å²) < 4.78 is 9.50. The van der Waals surface area contributed by atoms with E-state index in [4.69, 9.17) is 1.37 Å². The van der Waals surface area contributed by atoms with Gasteiger partial charge in [0, 0.05) is 21.1 Å². The normalized spacial score (nSPS) is 13.7. The number of aromatic nitrogens is 1. The van der Waals surface area contributed by atoms with Crippen molar-refractivity contribution < 1.29 is 16.2 Å². The second-order valence-electron chi connectivity index (χ2n) is 9.18. The molecule has 0 unspecified atom stereocenters. The van der Waals surface area contributed by atoms with E-state index in [9.17, 15) is 14.8 Å². The van der Waals surface area contributed by atoms with E-state index in [0.29, 0.717) is 25.2 Å². The second kappa shape index (κ2) is 12.8. The number of hydroxylamine groups is 1. The predicted molar refractivity (Wildman–Crippen MR) is 132 cm³/mol. The predicted octanol–water partition coefficient (Wildman–Crippen LogP) is 4.41. The van der Waals surface area contributed by atoms with Crippen LogP contribution >= 0.6 is 0 Å². The number of anilines is 1. The lowest BCUT2D eigenvalue weighted by molar-refractivity contribution is -0.140. The standard InChI is InChI=1S/C26H38N4O3/c1-19(2)17-23(22(26(32)28-33)14-9-13-21-11-7-6-8-12-21)25(31)27-30(18-20(3)4)24-15-10-16-29(24)5/h6-13,15-16,19-20,22-23,33H,14,17-18H2,1-5H3,(H,27,31)(H,28,32)/b13-9+/t22-,23+/m0/s1/i5D. The van der Waals surface area contributed by atoms with Crippen molar-refractivity contribution in [1.29, 1.82) is 0 Å². The van der Waals surface area contributed by atoms with Crippen LogP contribution in [0.2, 0.25) is 0 Å². The molecule has 2 rings (SSSR count). The molecule has 0 fully saturated rings. The molecule has 7 nitrogen and oxygen atoms in total. The van der Waals surface area contributed by atoms with Crippen molar-refractivity contribution in [1.82, 2.24) is 15.5 Å². The topological polar surface area (TPSA) is 86.6 Å². The quantitative estimate of drug-likeness (QED) is 0.327. The van der Waals surface area contributed by atoms with Gasteiger partial charge in [0.2, 0.25) is 11.8 Å². The third-order valence-electron chi connectivity index (χ3n) is 5.37. The van der Waals surface area contributed by atoms with E-state index in [1.165, 1.54) is 0 Å². The Labute approximate surface area is 198 Å². The molecule has 7 heteroatoms. The van der Waals surface area contributed by atoms with Crippen LogP contribution in [-0.2, 0) is 16.6 Å². The van der Waals surface area contributed by atoms with Crippen LogP contribution in [0, 0.1) is 23.7 Å². The molecule has 2 amide bonds. The van der Waals surface area contributed by atoms with Crippen molar-refractivity contribution >= 4 is 23.7 Å². The van der Waals surface area contributed by atoms with Crippen molar-refractivity contribution in [3.8, 4) is 0 Å². The van der Waals surface area contributed by atoms with Crippen LogP contribution < -0.4 is 15.9 Å². The Morgan fingerprint density at radius 2 is 1.79 bits per heavy atom. The van der Waals surface area contributed by atoms with Crippen LogP contribution in [0.4, 0.5) is 5.82 Å². The van der Waals surface area contributed by atoms with Crippen LogP contribution in [0.3, 0.4) is 0 Å². The van der Waals surface area contributed by atoms with Gasteiger partial charge in [-0.05, 0) is 42.4 Å². The number of carbonyl (C=O) groups is 2. The number of allylic oxidation sites excluding steroid dienone is 1. The highest BCUT2D eigenvalue weighted by molar-refractivity contribution is 5.88. The average Bonchev–Trinajstić information content (AvgIpc) is 3.29. The van der Waals surface area contributed by atoms with E-state index < -0.39 is 17.7 Å². The number of rotatable bonds is 12. The molecule has 0 bridgehead atoms. The van der Waals surface area contributed by atoms with E-state index in [0.717, 1.165) is 5.56 Å². The fourth-order valence-electron chi connectivity index (χ4n) is 3.84. The molecule has 0 aliphatic rings. The maximum atomic E-state index is 13.6. The first kappa shape index (κ1) is 24.6. The van der Waals surface area contributed by atoms with Gasteiger partial charge < -0.3 is 4.57 Å². The minimum absolute atomic E-state index is 0.0298. The molecule has 0 aliphatic heterocycles. The number of aryl methyl sites for hydroxylation is 1. The zero-order valence-corrected chi connectivity index (χ0v) is 20.1. The highest BCUT2D eigenvalue weighted by Gasteiger charge is 2.34. The molecular formula is C26H38N4O3. The van der Waals surface area contributed by atoms with Crippen LogP contribution in [0.1, 0.15) is 47.5 Å². The number of carbonyl (C=O) groups excluding carboxylic acids is 2. The van der Waals surface area contributed by atoms with Gasteiger partial charge in [-0.3, -0.25) is 25.2 Å². The summed E-state index contributed by atoms with van der Waals surface area (Å²) in [5.41, 5.74) is 5.76. The van der Waals surface area contributed by atoms with E-state index in [-0.39, 0.29) is 24.8 Å². The molecule has 2 aromatic rings. The molecular weight excluding hydrogens is 416 g/mol. The number of hydrogen-bond acceptors (Lipinski definition) is 4. The van der Waals surface area contributed by atoms with Gasteiger partial charge in [0.15, 0.2) is 0 Å². The summed E-state index contributed by atoms with van der Waals surface area (Å²) in [6.07, 6.45) is 6.36. The van der Waals surface area contributed by atoms with Gasteiger partial charge in [0.1, 0.15) is 5.82 Å². The number of hydrazine groups is 1. The van der Waals surface area contributed by atoms with E-state index in [2.05, 4.69) is 19.3 Å². The Hall–Kier alpha value is -3.06. The van der Waals surface area contributed by atoms with Crippen LogP contribution in [0.5, 0.6) is 0 Å². The summed E-state index contributed by atoms with van der Waals surface area (Å²) in [6.45, 7) is 8.66. The fourth-order valence-corrected chi connectivity index (χ4v) is 3.84. The lowest BCUT2D eigenvalue weighted by atomic mass is 9.82. The van der Waals surface area contributed by atoms with Crippen molar-refractivity contribution in [2.24, 2.45) is 30.7 Å². The number of benzene rings is 1. The largest absolute Gasteiger partial charge is 0.336 e. The third-order valence-corrected chi connectivity index (χ3v) is 5.37. The van der Waals surface area contributed by atoms with Crippen molar-refractivity contribution in [3.63, 3.8) is 0 Å². The Morgan fingerprint density at radius 1 is 1.06 bits per heavy atom. The van der Waals surface area contributed by atoms with Gasteiger partial charge in [-0.2, -0.15) is 0 Å². The highest BCUT2D eigenvalue weighted by atomic mass is 16.5. The zero-order chi connectivity index (χ0) is 25.1. The summed E-state index contributed by atoms with van der Waals surface area (Å²) in [4.78, 5) is 26.2. The first-order valence-electron chi connectivity index (χ1n) is 12.1. The number of nitrogens with one attached hydrogen (secondary N) is 2. The maximum Gasteiger partial charge on any atom is 0.247 e. The van der Waals surface area contributed by atoms with Gasteiger partial charge in [-0.25, -0.2) is 5.48 Å². The van der Waals surface area contributed by atoms with Crippen LogP contribution in [0.25, 0.3) is 6.08 Å². The molecule has 1 aromatic carbocycles. The molecule has 33 heavy (non-hydrogen) atoms. The summed E-state index contributed by atoms with van der Waals surface area (Å²) >= 11 is 0. The van der Waals surface area contributed by atoms with Gasteiger partial charge in [-0.1, -0.05) is 70.2 Å². The smallest absolute Gasteiger partial charge is 0.247 e. The van der Waals surface area contributed by atoms with Gasteiger partial charge in [-0.15, -0.1) is 0 Å². The van der Waals surface area contributed by atoms with E-state index in [1.54, 1.807) is 21.3 Å². The number of amides is 2. The molecule has 1 aromatic heterocycles. The molecule has 3 N–H and O–H groups in total. The monoisotopic (exact) mass is 455 g/mol. The van der Waals surface area contributed by atoms with Crippen molar-refractivity contribution in [2.75, 3.05) is 11.6 Å². The summed E-state index contributed by atoms with van der Waals surface area (Å²) in [6, 6.07) is 13.4. The number of nitrogens with zero attached hydrogens (tertiary/aromatic N) is 2. The molecule has 0 radical (unpaired) electrons. The minimum Gasteiger partial charge on any atom is -0.336 e. The van der Waals surface area contributed by atoms with E-state index >= 15 is 0 Å². The van der Waals surface area contributed by atoms with Crippen molar-refractivity contribution in [3.05, 3.63) is 60.3 Å². The average molecular weight is 456 g/mol. The first-order chi connectivity index (χ1) is 16.3. The molecule has 180 valence electrons. The van der Waals surface area contributed by atoms with E-state index in [1.807, 2.05) is 68.5 Å².